The van der Waals surface area contributed by atoms with Crippen LogP contribution in [0.2, 0.25) is 0 Å². The van der Waals surface area contributed by atoms with Crippen LogP contribution in [0.4, 0.5) is 0 Å². The van der Waals surface area contributed by atoms with Gasteiger partial charge in [-0.3, -0.25) is 9.89 Å². The minimum atomic E-state index is 0. The summed E-state index contributed by atoms with van der Waals surface area (Å²) in [6.07, 6.45) is 1.07. The predicted molar refractivity (Wildman–Crippen MR) is 140 cm³/mol. The first kappa shape index (κ1) is 26.1. The van der Waals surface area contributed by atoms with Gasteiger partial charge in [-0.1, -0.05) is 30.3 Å². The second kappa shape index (κ2) is 12.7. The third kappa shape index (κ3) is 6.65. The van der Waals surface area contributed by atoms with E-state index >= 15 is 0 Å². The highest BCUT2D eigenvalue weighted by molar-refractivity contribution is 14.0. The molecular formula is C24H35IN4O3. The van der Waals surface area contributed by atoms with Crippen molar-refractivity contribution in [2.24, 2.45) is 4.99 Å². The number of halogens is 1. The lowest BCUT2D eigenvalue weighted by Crippen LogP contribution is -2.44. The van der Waals surface area contributed by atoms with Gasteiger partial charge in [-0.05, 0) is 18.9 Å². The van der Waals surface area contributed by atoms with Gasteiger partial charge in [-0.15, -0.1) is 24.0 Å². The first-order chi connectivity index (χ1) is 15.1. The Hall–Kier alpha value is -2.20. The van der Waals surface area contributed by atoms with Crippen LogP contribution in [0.3, 0.4) is 0 Å². The van der Waals surface area contributed by atoms with Gasteiger partial charge in [0.1, 0.15) is 17.2 Å². The molecule has 32 heavy (non-hydrogen) atoms. The third-order valence-corrected chi connectivity index (χ3v) is 5.75. The molecule has 2 unspecified atom stereocenters. The van der Waals surface area contributed by atoms with Gasteiger partial charge in [0.05, 0.1) is 33.4 Å². The van der Waals surface area contributed by atoms with E-state index in [4.69, 9.17) is 14.2 Å². The van der Waals surface area contributed by atoms with Gasteiger partial charge < -0.3 is 24.8 Å². The Balaban J connectivity index is 0.00000363. The van der Waals surface area contributed by atoms with Crippen LogP contribution >= 0.6 is 24.0 Å². The molecule has 0 spiro atoms. The van der Waals surface area contributed by atoms with E-state index in [1.807, 2.05) is 12.1 Å². The number of methoxy groups -OCH3 is 3. The number of guanidine groups is 1. The number of benzene rings is 2. The Bertz CT molecular complexity index is 854. The number of ether oxygens (including phenoxy) is 3. The number of nitrogens with zero attached hydrogens (tertiary/aromatic N) is 2. The van der Waals surface area contributed by atoms with Crippen molar-refractivity contribution in [3.63, 3.8) is 0 Å². The molecule has 1 fully saturated rings. The summed E-state index contributed by atoms with van der Waals surface area (Å²) in [5, 5.41) is 6.97. The van der Waals surface area contributed by atoms with Gasteiger partial charge >= 0.3 is 0 Å². The number of rotatable bonds is 8. The number of hydrogen-bond donors (Lipinski definition) is 2. The fourth-order valence-electron chi connectivity index (χ4n) is 4.05. The van der Waals surface area contributed by atoms with Crippen molar-refractivity contribution < 1.29 is 14.2 Å². The zero-order valence-corrected chi connectivity index (χ0v) is 21.9. The zero-order chi connectivity index (χ0) is 22.2. The van der Waals surface area contributed by atoms with Crippen molar-refractivity contribution >= 4 is 29.9 Å². The van der Waals surface area contributed by atoms with Crippen molar-refractivity contribution in [2.45, 2.75) is 38.5 Å². The SMILES string of the molecule is CN=C(NCc1c(OC)cc(OC)cc1OC)NC1CC(C)N(Cc2ccccc2)C1.I. The smallest absolute Gasteiger partial charge is 0.191 e. The molecule has 0 bridgehead atoms. The molecule has 2 aromatic rings. The Morgan fingerprint density at radius 3 is 2.28 bits per heavy atom. The van der Waals surface area contributed by atoms with Crippen molar-refractivity contribution in [2.75, 3.05) is 34.9 Å². The van der Waals surface area contributed by atoms with Gasteiger partial charge in [-0.25, -0.2) is 0 Å². The molecule has 1 aliphatic heterocycles. The fourth-order valence-corrected chi connectivity index (χ4v) is 4.05. The van der Waals surface area contributed by atoms with Crippen LogP contribution in [-0.4, -0.2) is 57.9 Å². The van der Waals surface area contributed by atoms with Gasteiger partial charge in [-0.2, -0.15) is 0 Å². The summed E-state index contributed by atoms with van der Waals surface area (Å²) in [4.78, 5) is 6.92. The van der Waals surface area contributed by atoms with Crippen LogP contribution in [0.5, 0.6) is 17.2 Å². The molecule has 2 N–H and O–H groups in total. The largest absolute Gasteiger partial charge is 0.496 e. The van der Waals surface area contributed by atoms with Crippen LogP contribution in [0.25, 0.3) is 0 Å². The van der Waals surface area contributed by atoms with Crippen molar-refractivity contribution in [1.29, 1.82) is 0 Å². The highest BCUT2D eigenvalue weighted by Crippen LogP contribution is 2.33. The van der Waals surface area contributed by atoms with E-state index in [-0.39, 0.29) is 24.0 Å². The van der Waals surface area contributed by atoms with E-state index in [0.29, 0.717) is 35.9 Å². The molecule has 0 amide bonds. The molecule has 2 atom stereocenters. The van der Waals surface area contributed by atoms with Crippen LogP contribution in [0.15, 0.2) is 47.5 Å². The number of aliphatic imine (C=N–C) groups is 1. The maximum atomic E-state index is 5.55. The first-order valence-corrected chi connectivity index (χ1v) is 10.6. The van der Waals surface area contributed by atoms with Crippen LogP contribution in [-0.2, 0) is 13.1 Å². The van der Waals surface area contributed by atoms with Crippen molar-refractivity contribution in [3.05, 3.63) is 53.6 Å². The Labute approximate surface area is 208 Å². The van der Waals surface area contributed by atoms with Crippen molar-refractivity contribution in [3.8, 4) is 17.2 Å². The highest BCUT2D eigenvalue weighted by atomic mass is 127. The minimum absolute atomic E-state index is 0. The molecule has 3 rings (SSSR count). The van der Waals surface area contributed by atoms with Crippen LogP contribution in [0.1, 0.15) is 24.5 Å². The summed E-state index contributed by atoms with van der Waals surface area (Å²) in [7, 11) is 6.71. The van der Waals surface area contributed by atoms with Gasteiger partial charge in [0.25, 0.3) is 0 Å². The standard InChI is InChI=1S/C24H34N4O3.HI/c1-17-11-19(16-28(17)15-18-9-7-6-8-10-18)27-24(25-2)26-14-21-22(30-4)12-20(29-3)13-23(21)31-5;/h6-10,12-13,17,19H,11,14-16H2,1-5H3,(H2,25,26,27);1H. The Kier molecular flexibility index (Phi) is 10.4. The van der Waals surface area contributed by atoms with E-state index in [1.54, 1.807) is 28.4 Å². The van der Waals surface area contributed by atoms with Crippen LogP contribution < -0.4 is 24.8 Å². The second-order valence-corrected chi connectivity index (χ2v) is 7.78. The number of hydrogen-bond acceptors (Lipinski definition) is 5. The van der Waals surface area contributed by atoms with Crippen molar-refractivity contribution in [1.82, 2.24) is 15.5 Å². The van der Waals surface area contributed by atoms with Crippen LogP contribution in [0, 0.1) is 0 Å². The molecular weight excluding hydrogens is 519 g/mol. The molecule has 176 valence electrons. The van der Waals surface area contributed by atoms with E-state index in [2.05, 4.69) is 57.8 Å². The Morgan fingerprint density at radius 1 is 1.06 bits per heavy atom. The second-order valence-electron chi connectivity index (χ2n) is 7.78. The normalized spacial score (nSPS) is 18.6. The summed E-state index contributed by atoms with van der Waals surface area (Å²) in [5.41, 5.74) is 2.26. The maximum absolute atomic E-state index is 5.55. The number of likely N-dealkylation sites (tertiary alicyclic amines) is 1. The predicted octanol–water partition coefficient (Wildman–Crippen LogP) is 3.66. The zero-order valence-electron chi connectivity index (χ0n) is 19.6. The maximum Gasteiger partial charge on any atom is 0.191 e. The first-order valence-electron chi connectivity index (χ1n) is 10.6. The molecule has 8 heteroatoms. The summed E-state index contributed by atoms with van der Waals surface area (Å²) in [5.74, 6) is 2.88. The molecule has 0 saturated carbocycles. The molecule has 2 aromatic carbocycles. The van der Waals surface area contributed by atoms with E-state index in [9.17, 15) is 0 Å². The summed E-state index contributed by atoms with van der Waals surface area (Å²) in [6.45, 7) is 4.75. The number of nitrogens with one attached hydrogen (secondary N) is 2. The van der Waals surface area contributed by atoms with Gasteiger partial charge in [0.2, 0.25) is 0 Å². The van der Waals surface area contributed by atoms with E-state index < -0.39 is 0 Å². The van der Waals surface area contributed by atoms with Gasteiger partial charge in [0, 0.05) is 44.4 Å². The van der Waals surface area contributed by atoms with Gasteiger partial charge in [0.15, 0.2) is 5.96 Å². The molecule has 7 nitrogen and oxygen atoms in total. The Morgan fingerprint density at radius 2 is 1.72 bits per heavy atom. The molecule has 1 saturated heterocycles. The minimum Gasteiger partial charge on any atom is -0.496 e. The molecule has 1 aliphatic rings. The topological polar surface area (TPSA) is 67.4 Å². The fraction of sp³-hybridized carbons (Fsp3) is 0.458. The summed E-state index contributed by atoms with van der Waals surface area (Å²) < 4.78 is 16.4. The average Bonchev–Trinajstić information content (AvgIpc) is 3.14. The summed E-state index contributed by atoms with van der Waals surface area (Å²) in [6, 6.07) is 15.2. The lowest BCUT2D eigenvalue weighted by Gasteiger charge is -2.21. The molecule has 0 radical (unpaired) electrons. The van der Waals surface area contributed by atoms with E-state index in [0.717, 1.165) is 31.0 Å². The third-order valence-electron chi connectivity index (χ3n) is 5.75. The lowest BCUT2D eigenvalue weighted by atomic mass is 10.1. The summed E-state index contributed by atoms with van der Waals surface area (Å²) >= 11 is 0. The van der Waals surface area contributed by atoms with E-state index in [1.165, 1.54) is 5.56 Å². The highest BCUT2D eigenvalue weighted by Gasteiger charge is 2.29. The monoisotopic (exact) mass is 554 g/mol. The molecule has 0 aliphatic carbocycles. The lowest BCUT2D eigenvalue weighted by molar-refractivity contribution is 0.258. The molecule has 1 heterocycles. The average molecular weight is 554 g/mol. The quantitative estimate of drug-likeness (QED) is 0.295. The molecule has 0 aromatic heterocycles.